The normalized spacial score (nSPS) is 20.8. The third kappa shape index (κ3) is 3.70. The van der Waals surface area contributed by atoms with Gasteiger partial charge in [0.2, 0.25) is 11.9 Å². The summed E-state index contributed by atoms with van der Waals surface area (Å²) in [5, 5.41) is 3.24. The molecule has 1 atom stereocenters. The van der Waals surface area contributed by atoms with Crippen molar-refractivity contribution in [2.45, 2.75) is 71.3 Å². The highest BCUT2D eigenvalue weighted by atomic mass is 16.1. The second kappa shape index (κ2) is 7.95. The predicted octanol–water partition coefficient (Wildman–Crippen LogP) is 3.40. The zero-order valence-corrected chi connectivity index (χ0v) is 15.1. The van der Waals surface area contributed by atoms with Crippen molar-refractivity contribution in [3.05, 3.63) is 17.5 Å². The first-order valence-corrected chi connectivity index (χ1v) is 9.64. The van der Waals surface area contributed by atoms with Crippen LogP contribution >= 0.6 is 0 Å². The van der Waals surface area contributed by atoms with Crippen LogP contribution < -0.4 is 10.2 Å². The number of amides is 1. The molecule has 3 rings (SSSR count). The Hall–Kier alpha value is -1.65. The van der Waals surface area contributed by atoms with Crippen molar-refractivity contribution in [3.8, 4) is 0 Å². The van der Waals surface area contributed by atoms with Crippen LogP contribution in [0.1, 0.15) is 76.1 Å². The van der Waals surface area contributed by atoms with Crippen LogP contribution in [-0.4, -0.2) is 29.0 Å². The van der Waals surface area contributed by atoms with Crippen LogP contribution in [0, 0.1) is 5.92 Å². The quantitative estimate of drug-likeness (QED) is 0.899. The maximum Gasteiger partial charge on any atom is 0.225 e. The zero-order valence-electron chi connectivity index (χ0n) is 15.1. The zero-order chi connectivity index (χ0) is 16.9. The minimum absolute atomic E-state index is 0.0808. The van der Waals surface area contributed by atoms with Gasteiger partial charge in [0.05, 0.1) is 11.7 Å². The third-order valence-corrected chi connectivity index (χ3v) is 5.48. The van der Waals surface area contributed by atoms with Gasteiger partial charge in [0.25, 0.3) is 0 Å². The molecule has 1 aromatic rings. The van der Waals surface area contributed by atoms with Crippen molar-refractivity contribution in [2.24, 2.45) is 5.92 Å². The summed E-state index contributed by atoms with van der Waals surface area (Å²) in [6, 6.07) is 0.0808. The fraction of sp³-hybridized carbons (Fsp3) is 0.737. The van der Waals surface area contributed by atoms with E-state index in [0.29, 0.717) is 0 Å². The Bertz CT molecular complexity index is 564. The molecule has 1 aliphatic carbocycles. The molecule has 132 valence electrons. The van der Waals surface area contributed by atoms with Crippen LogP contribution in [0.4, 0.5) is 5.95 Å². The van der Waals surface area contributed by atoms with Crippen molar-refractivity contribution in [1.82, 2.24) is 15.3 Å². The molecule has 1 aliphatic heterocycles. The number of rotatable bonds is 5. The third-order valence-electron chi connectivity index (χ3n) is 5.48. The summed E-state index contributed by atoms with van der Waals surface area (Å²) in [5.74, 6) is 1.17. The summed E-state index contributed by atoms with van der Waals surface area (Å²) in [6.45, 7) is 6.29. The van der Waals surface area contributed by atoms with Crippen molar-refractivity contribution < 1.29 is 4.79 Å². The Morgan fingerprint density at radius 3 is 2.71 bits per heavy atom. The molecule has 1 aromatic heterocycles. The van der Waals surface area contributed by atoms with E-state index in [4.69, 9.17) is 4.98 Å². The number of aromatic nitrogens is 2. The van der Waals surface area contributed by atoms with Gasteiger partial charge in [-0.3, -0.25) is 4.79 Å². The lowest BCUT2D eigenvalue weighted by molar-refractivity contribution is -0.126. The van der Waals surface area contributed by atoms with Crippen LogP contribution in [0.15, 0.2) is 6.20 Å². The largest absolute Gasteiger partial charge is 0.349 e. The Kier molecular flexibility index (Phi) is 5.69. The number of hydrogen-bond donors (Lipinski definition) is 1. The summed E-state index contributed by atoms with van der Waals surface area (Å²) in [7, 11) is 0. The number of fused-ring (bicyclic) bond motifs is 1. The molecule has 0 bridgehead atoms. The first kappa shape index (κ1) is 17.2. The van der Waals surface area contributed by atoms with E-state index in [1.165, 1.54) is 19.3 Å². The van der Waals surface area contributed by atoms with Crippen LogP contribution in [0.2, 0.25) is 0 Å². The lowest BCUT2D eigenvalue weighted by Crippen LogP contribution is -2.36. The number of anilines is 1. The summed E-state index contributed by atoms with van der Waals surface area (Å²) in [6.07, 6.45) is 10.6. The Morgan fingerprint density at radius 2 is 2.00 bits per heavy atom. The highest BCUT2D eigenvalue weighted by molar-refractivity contribution is 5.79. The molecule has 2 aliphatic rings. The highest BCUT2D eigenvalue weighted by Gasteiger charge is 2.26. The molecular formula is C19H30N4O. The monoisotopic (exact) mass is 330 g/mol. The van der Waals surface area contributed by atoms with Crippen molar-refractivity contribution in [3.63, 3.8) is 0 Å². The van der Waals surface area contributed by atoms with Gasteiger partial charge in [-0.25, -0.2) is 9.97 Å². The first-order chi connectivity index (χ1) is 11.7. The molecular weight excluding hydrogens is 300 g/mol. The number of aryl methyl sites for hydroxylation is 1. The molecule has 1 amide bonds. The molecule has 5 nitrogen and oxygen atoms in total. The van der Waals surface area contributed by atoms with Crippen LogP contribution in [0.5, 0.6) is 0 Å². The minimum atomic E-state index is 0.0808. The van der Waals surface area contributed by atoms with Crippen LogP contribution in [-0.2, 0) is 11.2 Å². The standard InChI is InChI=1S/C19H30N4O/c1-3-14(4-2)18(24)21-16-9-8-10-17-15(16)13-20-19(22-17)23-11-6-5-7-12-23/h13-14,16H,3-12H2,1-2H3,(H,21,24)/t16-/m1/s1. The molecule has 0 unspecified atom stereocenters. The first-order valence-electron chi connectivity index (χ1n) is 9.64. The fourth-order valence-electron chi connectivity index (χ4n) is 3.88. The molecule has 2 heterocycles. The van der Waals surface area contributed by atoms with Crippen molar-refractivity contribution in [2.75, 3.05) is 18.0 Å². The summed E-state index contributed by atoms with van der Waals surface area (Å²) < 4.78 is 0. The lowest BCUT2D eigenvalue weighted by Gasteiger charge is -2.30. The smallest absolute Gasteiger partial charge is 0.225 e. The number of carbonyl (C=O) groups excluding carboxylic acids is 1. The molecule has 24 heavy (non-hydrogen) atoms. The van der Waals surface area contributed by atoms with Crippen molar-refractivity contribution >= 4 is 11.9 Å². The summed E-state index contributed by atoms with van der Waals surface area (Å²) in [4.78, 5) is 24.2. The minimum Gasteiger partial charge on any atom is -0.349 e. The van der Waals surface area contributed by atoms with Gasteiger partial charge in [-0.15, -0.1) is 0 Å². The SMILES string of the molecule is CCC(CC)C(=O)N[C@@H]1CCCc2nc(N3CCCCC3)ncc21. The number of nitrogens with one attached hydrogen (secondary N) is 1. The average Bonchev–Trinajstić information content (AvgIpc) is 2.63. The molecule has 0 radical (unpaired) electrons. The number of carbonyl (C=O) groups is 1. The molecule has 1 fully saturated rings. The van der Waals surface area contributed by atoms with Gasteiger partial charge in [0, 0.05) is 30.8 Å². The van der Waals surface area contributed by atoms with Gasteiger partial charge < -0.3 is 10.2 Å². The van der Waals surface area contributed by atoms with Crippen LogP contribution in [0.25, 0.3) is 0 Å². The number of hydrogen-bond acceptors (Lipinski definition) is 4. The topological polar surface area (TPSA) is 58.1 Å². The molecule has 1 N–H and O–H groups in total. The van der Waals surface area contributed by atoms with Gasteiger partial charge in [0.1, 0.15) is 0 Å². The van der Waals surface area contributed by atoms with Gasteiger partial charge in [-0.05, 0) is 51.4 Å². The van der Waals surface area contributed by atoms with E-state index in [2.05, 4.69) is 29.0 Å². The van der Waals surface area contributed by atoms with E-state index in [0.717, 1.165) is 62.4 Å². The van der Waals surface area contributed by atoms with E-state index in [9.17, 15) is 4.79 Å². The molecule has 0 saturated carbocycles. The number of nitrogens with zero attached hydrogens (tertiary/aromatic N) is 3. The predicted molar refractivity (Wildman–Crippen MR) is 96.0 cm³/mol. The highest BCUT2D eigenvalue weighted by Crippen LogP contribution is 2.30. The number of piperidine rings is 1. The lowest BCUT2D eigenvalue weighted by atomic mass is 9.91. The maximum absolute atomic E-state index is 12.4. The van der Waals surface area contributed by atoms with E-state index in [1.54, 1.807) is 0 Å². The Labute approximate surface area is 145 Å². The van der Waals surface area contributed by atoms with E-state index < -0.39 is 0 Å². The second-order valence-electron chi connectivity index (χ2n) is 7.09. The van der Waals surface area contributed by atoms with Gasteiger partial charge in [0.15, 0.2) is 0 Å². The van der Waals surface area contributed by atoms with E-state index in [-0.39, 0.29) is 17.9 Å². The second-order valence-corrected chi connectivity index (χ2v) is 7.09. The van der Waals surface area contributed by atoms with Crippen LogP contribution in [0.3, 0.4) is 0 Å². The fourth-order valence-corrected chi connectivity index (χ4v) is 3.88. The molecule has 1 saturated heterocycles. The summed E-state index contributed by atoms with van der Waals surface area (Å²) >= 11 is 0. The molecule has 5 heteroatoms. The molecule has 0 spiro atoms. The van der Waals surface area contributed by atoms with E-state index in [1.807, 2.05) is 6.20 Å². The maximum atomic E-state index is 12.4. The summed E-state index contributed by atoms with van der Waals surface area (Å²) in [5.41, 5.74) is 2.26. The Balaban J connectivity index is 1.74. The van der Waals surface area contributed by atoms with Gasteiger partial charge >= 0.3 is 0 Å². The van der Waals surface area contributed by atoms with Gasteiger partial charge in [-0.1, -0.05) is 13.8 Å². The average molecular weight is 330 g/mol. The van der Waals surface area contributed by atoms with E-state index >= 15 is 0 Å². The van der Waals surface area contributed by atoms with Gasteiger partial charge in [-0.2, -0.15) is 0 Å². The molecule has 0 aromatic carbocycles. The van der Waals surface area contributed by atoms with Crippen molar-refractivity contribution in [1.29, 1.82) is 0 Å². The Morgan fingerprint density at radius 1 is 1.25 bits per heavy atom.